The number of anilines is 1. The molecule has 2 nitrogen and oxygen atoms in total. The van der Waals surface area contributed by atoms with Crippen molar-refractivity contribution in [2.24, 2.45) is 0 Å². The normalized spacial score (nSPS) is 12.3. The van der Waals surface area contributed by atoms with E-state index in [1.807, 2.05) is 43.4 Å². The van der Waals surface area contributed by atoms with Gasteiger partial charge in [0, 0.05) is 19.2 Å². The monoisotopic (exact) mass is 299 g/mol. The zero-order chi connectivity index (χ0) is 15.8. The van der Waals surface area contributed by atoms with Gasteiger partial charge in [0.2, 0.25) is 0 Å². The first-order chi connectivity index (χ1) is 10.7. The van der Waals surface area contributed by atoms with Crippen LogP contribution in [-0.4, -0.2) is 19.8 Å². The van der Waals surface area contributed by atoms with E-state index in [0.717, 1.165) is 22.6 Å². The van der Waals surface area contributed by atoms with E-state index >= 15 is 0 Å². The Morgan fingerprint density at radius 3 is 2.05 bits per heavy atom. The minimum atomic E-state index is -0.823. The van der Waals surface area contributed by atoms with Crippen LogP contribution in [0.4, 0.5) is 10.1 Å². The Morgan fingerprint density at radius 2 is 1.55 bits per heavy atom. The van der Waals surface area contributed by atoms with E-state index in [1.54, 1.807) is 6.92 Å². The number of hydrogen-bond acceptors (Lipinski definition) is 2. The second-order valence-electron chi connectivity index (χ2n) is 5.19. The molecule has 2 aromatic rings. The molecule has 0 saturated carbocycles. The van der Waals surface area contributed by atoms with Crippen molar-refractivity contribution in [2.45, 2.75) is 19.5 Å². The molecule has 0 bridgehead atoms. The largest absolute Gasteiger partial charge is 0.493 e. The highest BCUT2D eigenvalue weighted by Gasteiger charge is 1.99. The van der Waals surface area contributed by atoms with Gasteiger partial charge in [0.25, 0.3) is 0 Å². The molecule has 0 spiro atoms. The van der Waals surface area contributed by atoms with Crippen molar-refractivity contribution >= 4 is 17.8 Å². The Kier molecular flexibility index (Phi) is 6.01. The van der Waals surface area contributed by atoms with Crippen LogP contribution in [0.15, 0.2) is 48.5 Å². The molecular formula is C19H22FNO. The Labute approximate surface area is 131 Å². The zero-order valence-electron chi connectivity index (χ0n) is 13.1. The third kappa shape index (κ3) is 5.24. The number of benzene rings is 2. The van der Waals surface area contributed by atoms with Gasteiger partial charge in [0.15, 0.2) is 0 Å². The first kappa shape index (κ1) is 16.1. The highest BCUT2D eigenvalue weighted by atomic mass is 19.1. The summed E-state index contributed by atoms with van der Waals surface area (Å²) in [6, 6.07) is 16.0. The van der Waals surface area contributed by atoms with Crippen molar-refractivity contribution in [3.63, 3.8) is 0 Å². The van der Waals surface area contributed by atoms with E-state index in [2.05, 4.69) is 29.6 Å². The zero-order valence-corrected chi connectivity index (χ0v) is 13.1. The lowest BCUT2D eigenvalue weighted by molar-refractivity contribution is 0.247. The van der Waals surface area contributed by atoms with E-state index in [0.29, 0.717) is 13.0 Å². The third-order valence-corrected chi connectivity index (χ3v) is 3.33. The second kappa shape index (κ2) is 8.23. The van der Waals surface area contributed by atoms with Crippen molar-refractivity contribution in [2.75, 3.05) is 19.0 Å². The highest BCUT2D eigenvalue weighted by Crippen LogP contribution is 2.16. The molecule has 0 aromatic heterocycles. The van der Waals surface area contributed by atoms with Gasteiger partial charge in [0.1, 0.15) is 11.9 Å². The fourth-order valence-electron chi connectivity index (χ4n) is 1.97. The molecule has 2 aromatic carbocycles. The van der Waals surface area contributed by atoms with Crippen LogP contribution in [0.1, 0.15) is 24.5 Å². The minimum absolute atomic E-state index is 0.407. The number of ether oxygens (including phenoxy) is 1. The van der Waals surface area contributed by atoms with Crippen LogP contribution in [0.3, 0.4) is 0 Å². The third-order valence-electron chi connectivity index (χ3n) is 3.33. The predicted molar refractivity (Wildman–Crippen MR) is 92.0 cm³/mol. The van der Waals surface area contributed by atoms with Gasteiger partial charge in [-0.25, -0.2) is 4.39 Å². The quantitative estimate of drug-likeness (QED) is 0.724. The number of alkyl halides is 1. The van der Waals surface area contributed by atoms with Crippen LogP contribution >= 0.6 is 0 Å². The van der Waals surface area contributed by atoms with Crippen molar-refractivity contribution in [1.29, 1.82) is 0 Å². The van der Waals surface area contributed by atoms with Gasteiger partial charge in [-0.3, -0.25) is 0 Å². The summed E-state index contributed by atoms with van der Waals surface area (Å²) in [6.45, 7) is 1.95. The molecule has 0 amide bonds. The first-order valence-electron chi connectivity index (χ1n) is 7.50. The van der Waals surface area contributed by atoms with Crippen LogP contribution in [-0.2, 0) is 0 Å². The Hall–Kier alpha value is -2.29. The van der Waals surface area contributed by atoms with Crippen molar-refractivity contribution in [1.82, 2.24) is 0 Å². The summed E-state index contributed by atoms with van der Waals surface area (Å²) >= 11 is 0. The molecular weight excluding hydrogens is 277 g/mol. The summed E-state index contributed by atoms with van der Waals surface area (Å²) in [5, 5.41) is 3.10. The summed E-state index contributed by atoms with van der Waals surface area (Å²) in [5.41, 5.74) is 3.35. The predicted octanol–water partition coefficient (Wildman–Crippen LogP) is 5.03. The van der Waals surface area contributed by atoms with Gasteiger partial charge in [-0.05, 0) is 42.3 Å². The average molecular weight is 299 g/mol. The van der Waals surface area contributed by atoms with Gasteiger partial charge in [-0.15, -0.1) is 0 Å². The molecule has 0 fully saturated rings. The number of hydrogen-bond donors (Lipinski definition) is 1. The fourth-order valence-corrected chi connectivity index (χ4v) is 1.97. The number of rotatable bonds is 7. The Morgan fingerprint density at radius 1 is 1.00 bits per heavy atom. The lowest BCUT2D eigenvalue weighted by Gasteiger charge is -2.06. The molecule has 1 unspecified atom stereocenters. The van der Waals surface area contributed by atoms with Crippen molar-refractivity contribution in [3.05, 3.63) is 59.7 Å². The Balaban J connectivity index is 1.91. The molecule has 116 valence electrons. The molecule has 1 atom stereocenters. The molecule has 22 heavy (non-hydrogen) atoms. The molecule has 0 saturated heterocycles. The van der Waals surface area contributed by atoms with Gasteiger partial charge >= 0.3 is 0 Å². The summed E-state index contributed by atoms with van der Waals surface area (Å²) in [7, 11) is 1.91. The lowest BCUT2D eigenvalue weighted by Crippen LogP contribution is -2.03. The van der Waals surface area contributed by atoms with Crippen LogP contribution in [0.5, 0.6) is 5.75 Å². The maximum atomic E-state index is 12.7. The van der Waals surface area contributed by atoms with Gasteiger partial charge in [0.05, 0.1) is 6.61 Å². The topological polar surface area (TPSA) is 21.3 Å². The maximum Gasteiger partial charge on any atom is 0.119 e. The number of halogens is 1. The van der Waals surface area contributed by atoms with Crippen molar-refractivity contribution in [3.8, 4) is 5.75 Å². The van der Waals surface area contributed by atoms with E-state index in [-0.39, 0.29) is 0 Å². The van der Waals surface area contributed by atoms with Gasteiger partial charge in [-0.1, -0.05) is 36.4 Å². The van der Waals surface area contributed by atoms with Crippen LogP contribution in [0.2, 0.25) is 0 Å². The molecule has 0 radical (unpaired) electrons. The SMILES string of the molecule is CNc1ccc(/C=C/c2ccc(OCCC(C)F)cc2)cc1. The molecule has 1 N–H and O–H groups in total. The lowest BCUT2D eigenvalue weighted by atomic mass is 10.1. The van der Waals surface area contributed by atoms with Crippen molar-refractivity contribution < 1.29 is 9.13 Å². The van der Waals surface area contributed by atoms with Crippen LogP contribution in [0, 0.1) is 0 Å². The Bertz CT molecular complexity index is 588. The first-order valence-corrected chi connectivity index (χ1v) is 7.50. The minimum Gasteiger partial charge on any atom is -0.493 e. The summed E-state index contributed by atoms with van der Waals surface area (Å²) in [5.74, 6) is 0.774. The van der Waals surface area contributed by atoms with E-state index < -0.39 is 6.17 Å². The molecule has 0 aliphatic heterocycles. The summed E-state index contributed by atoms with van der Waals surface area (Å²) in [4.78, 5) is 0. The summed E-state index contributed by atoms with van der Waals surface area (Å²) < 4.78 is 18.2. The molecule has 2 rings (SSSR count). The fraction of sp³-hybridized carbons (Fsp3) is 0.263. The van der Waals surface area contributed by atoms with Gasteiger partial charge < -0.3 is 10.1 Å². The molecule has 3 heteroatoms. The van der Waals surface area contributed by atoms with Crippen LogP contribution < -0.4 is 10.1 Å². The van der Waals surface area contributed by atoms with E-state index in [9.17, 15) is 4.39 Å². The molecule has 0 aliphatic rings. The smallest absolute Gasteiger partial charge is 0.119 e. The second-order valence-corrected chi connectivity index (χ2v) is 5.19. The standard InChI is InChI=1S/C19H22FNO/c1-15(20)13-14-22-19-11-7-17(8-12-19)4-3-16-5-9-18(21-2)10-6-16/h3-12,15,21H,13-14H2,1-2H3/b4-3+. The van der Waals surface area contributed by atoms with E-state index in [1.165, 1.54) is 0 Å². The molecule has 0 aliphatic carbocycles. The average Bonchev–Trinajstić information content (AvgIpc) is 2.54. The molecule has 0 heterocycles. The summed E-state index contributed by atoms with van der Waals surface area (Å²) in [6.07, 6.45) is 3.73. The van der Waals surface area contributed by atoms with E-state index in [4.69, 9.17) is 4.74 Å². The van der Waals surface area contributed by atoms with Crippen LogP contribution in [0.25, 0.3) is 12.2 Å². The van der Waals surface area contributed by atoms with Gasteiger partial charge in [-0.2, -0.15) is 0 Å². The number of nitrogens with one attached hydrogen (secondary N) is 1. The maximum absolute atomic E-state index is 12.7. The highest BCUT2D eigenvalue weighted by molar-refractivity contribution is 5.70.